The number of aliphatic imine (C=N–C) groups is 1. The topological polar surface area (TPSA) is 62.2 Å². The number of carbonyl (C=O) groups excluding carboxylic acids is 2. The van der Waals surface area contributed by atoms with Gasteiger partial charge in [-0.15, -0.1) is 0 Å². The second kappa shape index (κ2) is 10.8. The summed E-state index contributed by atoms with van der Waals surface area (Å²) in [7, 11) is 0. The molecule has 6 nitrogen and oxygen atoms in total. The Morgan fingerprint density at radius 2 is 1.89 bits per heavy atom. The highest BCUT2D eigenvalue weighted by molar-refractivity contribution is 6.13. The average Bonchev–Trinajstić information content (AvgIpc) is 3.04. The zero-order chi connectivity index (χ0) is 26.8. The van der Waals surface area contributed by atoms with Crippen LogP contribution in [0.3, 0.4) is 0 Å². The number of anilines is 1. The number of carbonyl (C=O) groups is 2. The van der Waals surface area contributed by atoms with Crippen molar-refractivity contribution in [3.05, 3.63) is 40.8 Å². The highest BCUT2D eigenvalue weighted by atomic mass is 19.4. The minimum atomic E-state index is -4.22. The van der Waals surface area contributed by atoms with Gasteiger partial charge < -0.3 is 14.5 Å². The van der Waals surface area contributed by atoms with Crippen molar-refractivity contribution in [2.24, 2.45) is 4.99 Å². The fourth-order valence-corrected chi connectivity index (χ4v) is 5.42. The average molecular weight is 524 g/mol. The summed E-state index contributed by atoms with van der Waals surface area (Å²) in [5.41, 5.74) is 2.77. The number of hydrogen-bond donors (Lipinski definition) is 0. The highest BCUT2D eigenvalue weighted by Crippen LogP contribution is 2.48. The molecular weight excluding hydrogens is 490 g/mol. The van der Waals surface area contributed by atoms with Crippen LogP contribution >= 0.6 is 0 Å². The fourth-order valence-electron chi connectivity index (χ4n) is 5.42. The van der Waals surface area contributed by atoms with Gasteiger partial charge in [-0.2, -0.15) is 13.2 Å². The number of benzene rings is 1. The minimum Gasteiger partial charge on any atom is -0.450 e. The van der Waals surface area contributed by atoms with E-state index in [2.05, 4.69) is 0 Å². The molecule has 1 aromatic rings. The summed E-state index contributed by atoms with van der Waals surface area (Å²) >= 11 is 0. The standard InChI is InChI=1S/C27H33F4N3O3/c1-3-37-25(36)33-16-26(17-33)21-12-11-19(28)14-23(21)34(24(26)35)15-20(9-6-7-13-27(29,30)31)32-22-10-5-4-8-18(22)2/h11-12,14H,3-10,13,15-17H2,1-2H3. The van der Waals surface area contributed by atoms with Gasteiger partial charge in [0.1, 0.15) is 11.2 Å². The van der Waals surface area contributed by atoms with Crippen LogP contribution in [-0.4, -0.2) is 55.0 Å². The molecule has 0 bridgehead atoms. The van der Waals surface area contributed by atoms with Crippen molar-refractivity contribution in [3.63, 3.8) is 0 Å². The molecule has 0 saturated carbocycles. The van der Waals surface area contributed by atoms with Gasteiger partial charge in [-0.3, -0.25) is 9.79 Å². The summed E-state index contributed by atoms with van der Waals surface area (Å²) in [6.45, 7) is 4.25. The van der Waals surface area contributed by atoms with Crippen LogP contribution in [0.5, 0.6) is 0 Å². The number of halogens is 4. The number of hydrogen-bond acceptors (Lipinski definition) is 4. The Morgan fingerprint density at radius 3 is 2.57 bits per heavy atom. The molecule has 202 valence electrons. The summed E-state index contributed by atoms with van der Waals surface area (Å²) in [5.74, 6) is -0.754. The van der Waals surface area contributed by atoms with Gasteiger partial charge in [0.05, 0.1) is 18.8 Å². The molecule has 2 amide bonds. The monoisotopic (exact) mass is 523 g/mol. The summed E-state index contributed by atoms with van der Waals surface area (Å²) in [4.78, 5) is 33.7. The second-order valence-corrected chi connectivity index (χ2v) is 10.1. The maximum absolute atomic E-state index is 14.3. The third-order valence-corrected chi connectivity index (χ3v) is 7.39. The van der Waals surface area contributed by atoms with Crippen molar-refractivity contribution in [3.8, 4) is 0 Å². The van der Waals surface area contributed by atoms with Gasteiger partial charge in [-0.1, -0.05) is 11.6 Å². The predicted octanol–water partition coefficient (Wildman–Crippen LogP) is 6.29. The van der Waals surface area contributed by atoms with Crippen LogP contribution in [-0.2, 0) is 14.9 Å². The van der Waals surface area contributed by atoms with Gasteiger partial charge in [0.25, 0.3) is 0 Å². The van der Waals surface area contributed by atoms with E-state index in [0.29, 0.717) is 23.4 Å². The number of alkyl halides is 3. The van der Waals surface area contributed by atoms with Crippen LogP contribution in [0.2, 0.25) is 0 Å². The van der Waals surface area contributed by atoms with E-state index in [1.165, 1.54) is 21.9 Å². The first kappa shape index (κ1) is 27.1. The quantitative estimate of drug-likeness (QED) is 0.228. The van der Waals surface area contributed by atoms with Gasteiger partial charge in [0.15, 0.2) is 0 Å². The Balaban J connectivity index is 1.59. The van der Waals surface area contributed by atoms with E-state index in [1.54, 1.807) is 13.0 Å². The van der Waals surface area contributed by atoms with Crippen molar-refractivity contribution in [2.45, 2.75) is 76.8 Å². The molecule has 1 spiro atoms. The molecule has 3 aliphatic rings. The number of rotatable bonds is 8. The molecule has 1 saturated heterocycles. The van der Waals surface area contributed by atoms with Crippen LogP contribution in [0.4, 0.5) is 28.0 Å². The summed E-state index contributed by atoms with van der Waals surface area (Å²) in [6, 6.07) is 4.19. The molecule has 0 unspecified atom stereocenters. The number of allylic oxidation sites excluding steroid dienone is 2. The Kier molecular flexibility index (Phi) is 7.94. The first-order valence-corrected chi connectivity index (χ1v) is 12.9. The molecule has 37 heavy (non-hydrogen) atoms. The Hall–Kier alpha value is -2.91. The third kappa shape index (κ3) is 5.83. The van der Waals surface area contributed by atoms with E-state index in [-0.39, 0.29) is 45.0 Å². The smallest absolute Gasteiger partial charge is 0.409 e. The normalized spacial score (nSPS) is 19.4. The lowest BCUT2D eigenvalue weighted by molar-refractivity contribution is -0.135. The molecule has 4 rings (SSSR count). The third-order valence-electron chi connectivity index (χ3n) is 7.39. The molecule has 1 aliphatic carbocycles. The lowest BCUT2D eigenvalue weighted by atomic mass is 9.75. The lowest BCUT2D eigenvalue weighted by Crippen LogP contribution is -2.65. The van der Waals surface area contributed by atoms with E-state index in [4.69, 9.17) is 9.73 Å². The molecule has 2 aliphatic heterocycles. The molecule has 10 heteroatoms. The molecule has 0 atom stereocenters. The van der Waals surface area contributed by atoms with E-state index in [1.807, 2.05) is 6.92 Å². The van der Waals surface area contributed by atoms with Crippen molar-refractivity contribution >= 4 is 23.4 Å². The van der Waals surface area contributed by atoms with Crippen LogP contribution in [0.15, 0.2) is 34.5 Å². The highest BCUT2D eigenvalue weighted by Gasteiger charge is 2.59. The van der Waals surface area contributed by atoms with Gasteiger partial charge in [-0.05, 0) is 76.5 Å². The first-order valence-electron chi connectivity index (χ1n) is 12.9. The predicted molar refractivity (Wildman–Crippen MR) is 132 cm³/mol. The summed E-state index contributed by atoms with van der Waals surface area (Å²) in [5, 5.41) is 0. The number of amides is 2. The van der Waals surface area contributed by atoms with E-state index >= 15 is 0 Å². The van der Waals surface area contributed by atoms with Crippen LogP contribution in [0.1, 0.15) is 70.8 Å². The maximum Gasteiger partial charge on any atom is 0.409 e. The van der Waals surface area contributed by atoms with Crippen molar-refractivity contribution in [1.82, 2.24) is 4.90 Å². The SMILES string of the molecule is CCOC(=O)N1CC2(C1)C(=O)N(CC(CCCCC(F)(F)F)=NC1=C(C)CCCC1)c1cc(F)ccc12. The van der Waals surface area contributed by atoms with Crippen molar-refractivity contribution in [2.75, 3.05) is 31.1 Å². The van der Waals surface area contributed by atoms with Crippen LogP contribution < -0.4 is 4.90 Å². The van der Waals surface area contributed by atoms with Crippen molar-refractivity contribution in [1.29, 1.82) is 0 Å². The zero-order valence-electron chi connectivity index (χ0n) is 21.3. The number of nitrogens with zero attached hydrogens (tertiary/aromatic N) is 3. The Morgan fingerprint density at radius 1 is 1.16 bits per heavy atom. The number of fused-ring (bicyclic) bond motifs is 2. The number of ether oxygens (including phenoxy) is 1. The maximum atomic E-state index is 14.3. The van der Waals surface area contributed by atoms with Crippen LogP contribution in [0.25, 0.3) is 0 Å². The summed E-state index contributed by atoms with van der Waals surface area (Å²) < 4.78 is 57.4. The lowest BCUT2D eigenvalue weighted by Gasteiger charge is -2.45. The van der Waals surface area contributed by atoms with Gasteiger partial charge in [-0.25, -0.2) is 9.18 Å². The van der Waals surface area contributed by atoms with Gasteiger partial charge in [0, 0.05) is 30.9 Å². The molecule has 0 N–H and O–H groups in total. The largest absolute Gasteiger partial charge is 0.450 e. The van der Waals surface area contributed by atoms with Crippen molar-refractivity contribution < 1.29 is 31.9 Å². The fraction of sp³-hybridized carbons (Fsp3) is 0.593. The van der Waals surface area contributed by atoms with Crippen LogP contribution in [0, 0.1) is 5.82 Å². The van der Waals surface area contributed by atoms with Gasteiger partial charge in [0.2, 0.25) is 5.91 Å². The molecule has 0 aromatic heterocycles. The molecule has 1 fully saturated rings. The molecule has 2 heterocycles. The molecular formula is C27H33F4N3O3. The minimum absolute atomic E-state index is 0.0296. The number of unbranched alkanes of at least 4 members (excludes halogenated alkanes) is 1. The van der Waals surface area contributed by atoms with E-state index in [9.17, 15) is 27.2 Å². The zero-order valence-corrected chi connectivity index (χ0v) is 21.3. The molecule has 1 aromatic carbocycles. The summed E-state index contributed by atoms with van der Waals surface area (Å²) in [6.07, 6.45) is -1.27. The van der Waals surface area contributed by atoms with Gasteiger partial charge >= 0.3 is 12.3 Å². The first-order chi connectivity index (χ1) is 17.5. The number of likely N-dealkylation sites (tertiary alicyclic amines) is 1. The van der Waals surface area contributed by atoms with E-state index < -0.39 is 29.9 Å². The molecule has 0 radical (unpaired) electrons. The second-order valence-electron chi connectivity index (χ2n) is 10.1. The van der Waals surface area contributed by atoms with E-state index in [0.717, 1.165) is 37.0 Å². The Labute approximate surface area is 214 Å². The Bertz CT molecular complexity index is 1110.